The second-order valence-corrected chi connectivity index (χ2v) is 7.88. The van der Waals surface area contributed by atoms with Gasteiger partial charge < -0.3 is 20.1 Å². The van der Waals surface area contributed by atoms with E-state index in [1.54, 1.807) is 30.3 Å². The van der Waals surface area contributed by atoms with Crippen LogP contribution in [0.25, 0.3) is 10.9 Å². The number of H-pyrrole nitrogens is 1. The number of amides is 2. The van der Waals surface area contributed by atoms with Gasteiger partial charge in [0.25, 0.3) is 0 Å². The summed E-state index contributed by atoms with van der Waals surface area (Å²) in [6.07, 6.45) is 0. The zero-order chi connectivity index (χ0) is 22.1. The van der Waals surface area contributed by atoms with Gasteiger partial charge in [-0.3, -0.25) is 14.4 Å². The summed E-state index contributed by atoms with van der Waals surface area (Å²) >= 11 is 5.75. The predicted octanol–water partition coefficient (Wildman–Crippen LogP) is 3.00. The van der Waals surface area contributed by atoms with Crippen LogP contribution in [-0.4, -0.2) is 47.4 Å². The van der Waals surface area contributed by atoms with Crippen LogP contribution in [0.4, 0.5) is 15.8 Å². The fraction of sp³-hybridized carbons (Fsp3) is 0.227. The van der Waals surface area contributed by atoms with E-state index in [9.17, 15) is 18.8 Å². The number of carbonyl (C=O) groups is 2. The summed E-state index contributed by atoms with van der Waals surface area (Å²) in [5.74, 6) is -1.86. The van der Waals surface area contributed by atoms with Crippen molar-refractivity contribution < 1.29 is 14.0 Å². The van der Waals surface area contributed by atoms with Crippen molar-refractivity contribution in [3.05, 3.63) is 69.7 Å². The van der Waals surface area contributed by atoms with Gasteiger partial charge in [-0.1, -0.05) is 11.6 Å². The molecule has 4 rings (SSSR count). The third-order valence-electron chi connectivity index (χ3n) is 5.33. The first-order valence-electron chi connectivity index (χ1n) is 9.77. The lowest BCUT2D eigenvalue weighted by atomic mass is 10.1. The van der Waals surface area contributed by atoms with Crippen molar-refractivity contribution >= 4 is 45.7 Å². The molecule has 1 saturated heterocycles. The molecule has 9 heteroatoms. The number of nitrogens with zero attached hydrogens (tertiary/aromatic N) is 2. The third kappa shape index (κ3) is 4.39. The molecule has 7 nitrogen and oxygen atoms in total. The SMILES string of the molecule is C[C@@H]1CN(C(=O)C(=O)Nc2ccc3[nH]c(=O)ccc3c2)CCN1c1ccc(Cl)c(F)c1. The van der Waals surface area contributed by atoms with Gasteiger partial charge in [-0.2, -0.15) is 0 Å². The molecule has 31 heavy (non-hydrogen) atoms. The molecular formula is C22H20ClFN4O3. The highest BCUT2D eigenvalue weighted by Gasteiger charge is 2.30. The first-order valence-corrected chi connectivity index (χ1v) is 10.1. The molecule has 0 unspecified atom stereocenters. The summed E-state index contributed by atoms with van der Waals surface area (Å²) in [6.45, 7) is 3.04. The molecule has 2 aromatic carbocycles. The molecule has 0 saturated carbocycles. The number of fused-ring (bicyclic) bond motifs is 1. The molecule has 1 aliphatic heterocycles. The number of aromatic nitrogens is 1. The van der Waals surface area contributed by atoms with Crippen LogP contribution >= 0.6 is 11.6 Å². The van der Waals surface area contributed by atoms with Gasteiger partial charge >= 0.3 is 11.8 Å². The van der Waals surface area contributed by atoms with E-state index >= 15 is 0 Å². The second kappa shape index (κ2) is 8.39. The number of piperazine rings is 1. The maximum absolute atomic E-state index is 13.8. The highest BCUT2D eigenvalue weighted by molar-refractivity contribution is 6.39. The zero-order valence-corrected chi connectivity index (χ0v) is 17.4. The molecule has 3 aromatic rings. The van der Waals surface area contributed by atoms with Crippen LogP contribution in [0.2, 0.25) is 5.02 Å². The fourth-order valence-electron chi connectivity index (χ4n) is 3.75. The monoisotopic (exact) mass is 442 g/mol. The molecule has 0 aliphatic carbocycles. The Balaban J connectivity index is 1.41. The normalized spacial score (nSPS) is 16.4. The Morgan fingerprint density at radius 1 is 1.13 bits per heavy atom. The number of nitrogens with one attached hydrogen (secondary N) is 2. The van der Waals surface area contributed by atoms with E-state index in [1.807, 2.05) is 11.8 Å². The number of hydrogen-bond acceptors (Lipinski definition) is 4. The van der Waals surface area contributed by atoms with E-state index < -0.39 is 17.6 Å². The molecule has 1 aliphatic rings. The number of carbonyl (C=O) groups excluding carboxylic acids is 2. The van der Waals surface area contributed by atoms with Crippen LogP contribution in [0.15, 0.2) is 53.3 Å². The van der Waals surface area contributed by atoms with Gasteiger partial charge in [0.15, 0.2) is 0 Å². The van der Waals surface area contributed by atoms with Crippen LogP contribution in [0.1, 0.15) is 6.92 Å². The highest BCUT2D eigenvalue weighted by Crippen LogP contribution is 2.25. The van der Waals surface area contributed by atoms with Gasteiger partial charge in [0.2, 0.25) is 5.56 Å². The van der Waals surface area contributed by atoms with Crippen molar-refractivity contribution in [2.24, 2.45) is 0 Å². The smallest absolute Gasteiger partial charge is 0.313 e. The van der Waals surface area contributed by atoms with E-state index in [0.29, 0.717) is 36.5 Å². The highest BCUT2D eigenvalue weighted by atomic mass is 35.5. The van der Waals surface area contributed by atoms with Crippen LogP contribution in [0, 0.1) is 5.82 Å². The average molecular weight is 443 g/mol. The quantitative estimate of drug-likeness (QED) is 0.597. The third-order valence-corrected chi connectivity index (χ3v) is 5.63. The zero-order valence-electron chi connectivity index (χ0n) is 16.7. The Morgan fingerprint density at radius 2 is 1.94 bits per heavy atom. The molecule has 1 aromatic heterocycles. The lowest BCUT2D eigenvalue weighted by Gasteiger charge is -2.41. The van der Waals surface area contributed by atoms with E-state index in [-0.39, 0.29) is 16.6 Å². The van der Waals surface area contributed by atoms with Crippen molar-refractivity contribution in [1.82, 2.24) is 9.88 Å². The average Bonchev–Trinajstić information content (AvgIpc) is 2.75. The lowest BCUT2D eigenvalue weighted by Crippen LogP contribution is -2.55. The maximum Gasteiger partial charge on any atom is 0.313 e. The van der Waals surface area contributed by atoms with Crippen LogP contribution in [0.5, 0.6) is 0 Å². The minimum absolute atomic E-state index is 0.0573. The summed E-state index contributed by atoms with van der Waals surface area (Å²) in [4.78, 5) is 42.7. The molecule has 2 amide bonds. The number of benzene rings is 2. The first-order chi connectivity index (χ1) is 14.8. The van der Waals surface area contributed by atoms with Gasteiger partial charge in [0.05, 0.1) is 5.02 Å². The van der Waals surface area contributed by atoms with Crippen LogP contribution < -0.4 is 15.8 Å². The molecule has 1 atom stereocenters. The Morgan fingerprint density at radius 3 is 2.68 bits per heavy atom. The van der Waals surface area contributed by atoms with Crippen molar-refractivity contribution in [1.29, 1.82) is 0 Å². The molecule has 0 bridgehead atoms. The summed E-state index contributed by atoms with van der Waals surface area (Å²) in [5.41, 5.74) is 1.57. The Hall–Kier alpha value is -3.39. The number of hydrogen-bond donors (Lipinski definition) is 2. The molecule has 0 spiro atoms. The van der Waals surface area contributed by atoms with Crippen molar-refractivity contribution in [3.8, 4) is 0 Å². The lowest BCUT2D eigenvalue weighted by molar-refractivity contribution is -0.143. The molecule has 2 N–H and O–H groups in total. The van der Waals surface area contributed by atoms with Gasteiger partial charge in [-0.15, -0.1) is 0 Å². The number of halogens is 2. The topological polar surface area (TPSA) is 85.5 Å². The van der Waals surface area contributed by atoms with Crippen LogP contribution in [-0.2, 0) is 9.59 Å². The summed E-state index contributed by atoms with van der Waals surface area (Å²) < 4.78 is 13.8. The van der Waals surface area contributed by atoms with Gasteiger partial charge in [0.1, 0.15) is 5.82 Å². The first kappa shape index (κ1) is 20.9. The standard InChI is InChI=1S/C22H20ClFN4O3/c1-13-12-27(8-9-28(13)16-4-5-17(23)18(24)11-16)22(31)21(30)25-15-3-6-19-14(10-15)2-7-20(29)26-19/h2-7,10-11,13H,8-9,12H2,1H3,(H,25,30)(H,26,29)/t13-/m1/s1. The van der Waals surface area contributed by atoms with Crippen molar-refractivity contribution in [2.45, 2.75) is 13.0 Å². The molecule has 1 fully saturated rings. The molecular weight excluding hydrogens is 423 g/mol. The number of pyridine rings is 1. The van der Waals surface area contributed by atoms with Crippen LogP contribution in [0.3, 0.4) is 0 Å². The van der Waals surface area contributed by atoms with Gasteiger partial charge in [0, 0.05) is 54.0 Å². The Bertz CT molecular complexity index is 1230. The summed E-state index contributed by atoms with van der Waals surface area (Å²) in [7, 11) is 0. The number of rotatable bonds is 2. The van der Waals surface area contributed by atoms with E-state index in [4.69, 9.17) is 11.6 Å². The van der Waals surface area contributed by atoms with Crippen molar-refractivity contribution in [3.63, 3.8) is 0 Å². The number of anilines is 2. The molecule has 2 heterocycles. The molecule has 160 valence electrons. The Labute approximate surface area is 182 Å². The number of aromatic amines is 1. The summed E-state index contributed by atoms with van der Waals surface area (Å²) in [6, 6.07) is 12.5. The Kier molecular flexibility index (Phi) is 5.65. The van der Waals surface area contributed by atoms with Crippen molar-refractivity contribution in [2.75, 3.05) is 29.9 Å². The molecule has 0 radical (unpaired) electrons. The fourth-order valence-corrected chi connectivity index (χ4v) is 3.87. The predicted molar refractivity (Wildman–Crippen MR) is 118 cm³/mol. The van der Waals surface area contributed by atoms with E-state index in [1.165, 1.54) is 23.1 Å². The second-order valence-electron chi connectivity index (χ2n) is 7.47. The van der Waals surface area contributed by atoms with E-state index in [0.717, 1.165) is 5.39 Å². The largest absolute Gasteiger partial charge is 0.365 e. The maximum atomic E-state index is 13.8. The minimum atomic E-state index is -0.734. The summed E-state index contributed by atoms with van der Waals surface area (Å²) in [5, 5.41) is 3.41. The van der Waals surface area contributed by atoms with E-state index in [2.05, 4.69) is 10.3 Å². The minimum Gasteiger partial charge on any atom is -0.365 e. The van der Waals surface area contributed by atoms with Gasteiger partial charge in [-0.25, -0.2) is 4.39 Å². The van der Waals surface area contributed by atoms with Gasteiger partial charge in [-0.05, 0) is 49.4 Å².